The molecule has 1 aliphatic heterocycles. The van der Waals surface area contributed by atoms with Crippen LogP contribution >= 0.6 is 0 Å². The Bertz CT molecular complexity index is 531. The summed E-state index contributed by atoms with van der Waals surface area (Å²) in [6, 6.07) is 2.00. The summed E-state index contributed by atoms with van der Waals surface area (Å²) in [7, 11) is 0. The van der Waals surface area contributed by atoms with Crippen molar-refractivity contribution in [2.24, 2.45) is 5.92 Å². The average Bonchev–Trinajstić information content (AvgIpc) is 2.78. The van der Waals surface area contributed by atoms with E-state index in [4.69, 9.17) is 4.74 Å². The van der Waals surface area contributed by atoms with Crippen molar-refractivity contribution in [3.05, 3.63) is 24.2 Å². The number of aryl methyl sites for hydroxylation is 1. The zero-order chi connectivity index (χ0) is 12.4. The van der Waals surface area contributed by atoms with E-state index in [2.05, 4.69) is 15.4 Å². The Morgan fingerprint density at radius 1 is 1.56 bits per heavy atom. The molecule has 2 aromatic heterocycles. The van der Waals surface area contributed by atoms with Crippen molar-refractivity contribution in [1.82, 2.24) is 19.9 Å². The number of piperidine rings is 1. The summed E-state index contributed by atoms with van der Waals surface area (Å²) in [6.45, 7) is 4.87. The molecule has 0 bridgehead atoms. The number of hydrogen-bond acceptors (Lipinski definition) is 4. The van der Waals surface area contributed by atoms with Gasteiger partial charge in [-0.15, -0.1) is 0 Å². The van der Waals surface area contributed by atoms with Crippen molar-refractivity contribution in [3.63, 3.8) is 0 Å². The Kier molecular flexibility index (Phi) is 3.15. The van der Waals surface area contributed by atoms with Crippen LogP contribution in [0.15, 0.2) is 18.5 Å². The highest BCUT2D eigenvalue weighted by Crippen LogP contribution is 2.19. The van der Waals surface area contributed by atoms with Crippen molar-refractivity contribution in [1.29, 1.82) is 0 Å². The SMILES string of the molecule is Cc1cc2c(OCC3CCCNC3)nccn2n1. The fourth-order valence-electron chi connectivity index (χ4n) is 2.39. The predicted octanol–water partition coefficient (Wildman–Crippen LogP) is 1.42. The first-order valence-corrected chi connectivity index (χ1v) is 6.47. The molecule has 3 heterocycles. The van der Waals surface area contributed by atoms with Crippen LogP contribution in [0.5, 0.6) is 5.88 Å². The maximum atomic E-state index is 5.86. The summed E-state index contributed by atoms with van der Waals surface area (Å²) in [5.41, 5.74) is 1.92. The van der Waals surface area contributed by atoms with E-state index in [1.165, 1.54) is 12.8 Å². The molecule has 0 amide bonds. The molecule has 1 N–H and O–H groups in total. The lowest BCUT2D eigenvalue weighted by Gasteiger charge is -2.22. The molecular formula is C13H18N4O. The molecule has 0 aliphatic carbocycles. The topological polar surface area (TPSA) is 51.5 Å². The van der Waals surface area contributed by atoms with Crippen LogP contribution in [0.2, 0.25) is 0 Å². The van der Waals surface area contributed by atoms with E-state index >= 15 is 0 Å². The van der Waals surface area contributed by atoms with E-state index in [1.54, 1.807) is 6.20 Å². The van der Waals surface area contributed by atoms with Crippen LogP contribution in [-0.2, 0) is 0 Å². The molecule has 2 aromatic rings. The zero-order valence-corrected chi connectivity index (χ0v) is 10.6. The quantitative estimate of drug-likeness (QED) is 0.889. The van der Waals surface area contributed by atoms with Gasteiger partial charge in [0.15, 0.2) is 0 Å². The smallest absolute Gasteiger partial charge is 0.240 e. The van der Waals surface area contributed by atoms with Gasteiger partial charge in [0.05, 0.1) is 12.3 Å². The fraction of sp³-hybridized carbons (Fsp3) is 0.538. The zero-order valence-electron chi connectivity index (χ0n) is 10.6. The molecule has 1 fully saturated rings. The van der Waals surface area contributed by atoms with Crippen molar-refractivity contribution < 1.29 is 4.74 Å². The average molecular weight is 246 g/mol. The van der Waals surface area contributed by atoms with E-state index in [0.29, 0.717) is 11.8 Å². The number of nitrogens with one attached hydrogen (secondary N) is 1. The number of aromatic nitrogens is 3. The third-order valence-corrected chi connectivity index (χ3v) is 3.33. The second-order valence-corrected chi connectivity index (χ2v) is 4.87. The Morgan fingerprint density at radius 3 is 3.33 bits per heavy atom. The molecule has 1 aliphatic rings. The Labute approximate surface area is 106 Å². The molecule has 1 atom stereocenters. The van der Waals surface area contributed by atoms with Gasteiger partial charge < -0.3 is 10.1 Å². The van der Waals surface area contributed by atoms with E-state index in [1.807, 2.05) is 23.7 Å². The van der Waals surface area contributed by atoms with E-state index in [9.17, 15) is 0 Å². The Morgan fingerprint density at radius 2 is 2.50 bits per heavy atom. The summed E-state index contributed by atoms with van der Waals surface area (Å²) in [5.74, 6) is 1.27. The number of nitrogens with zero attached hydrogens (tertiary/aromatic N) is 3. The van der Waals surface area contributed by atoms with Gasteiger partial charge in [-0.1, -0.05) is 0 Å². The van der Waals surface area contributed by atoms with Gasteiger partial charge in [-0.05, 0) is 32.4 Å². The van der Waals surface area contributed by atoms with Gasteiger partial charge in [-0.3, -0.25) is 0 Å². The van der Waals surface area contributed by atoms with Gasteiger partial charge >= 0.3 is 0 Å². The van der Waals surface area contributed by atoms with Crippen LogP contribution in [0.4, 0.5) is 0 Å². The van der Waals surface area contributed by atoms with Gasteiger partial charge in [-0.2, -0.15) is 5.10 Å². The normalized spacial score (nSPS) is 20.2. The Balaban J connectivity index is 1.73. The summed E-state index contributed by atoms with van der Waals surface area (Å²) < 4.78 is 7.68. The lowest BCUT2D eigenvalue weighted by molar-refractivity contribution is 0.213. The molecule has 5 nitrogen and oxygen atoms in total. The van der Waals surface area contributed by atoms with Gasteiger partial charge in [0.25, 0.3) is 0 Å². The van der Waals surface area contributed by atoms with Crippen LogP contribution in [0.3, 0.4) is 0 Å². The molecule has 0 radical (unpaired) electrons. The highest BCUT2D eigenvalue weighted by molar-refractivity contribution is 5.56. The van der Waals surface area contributed by atoms with Gasteiger partial charge in [0.2, 0.25) is 5.88 Å². The molecule has 3 rings (SSSR count). The minimum Gasteiger partial charge on any atom is -0.476 e. The molecular weight excluding hydrogens is 228 g/mol. The molecule has 1 unspecified atom stereocenters. The lowest BCUT2D eigenvalue weighted by atomic mass is 10.0. The van der Waals surface area contributed by atoms with Crippen molar-refractivity contribution >= 4 is 5.52 Å². The predicted molar refractivity (Wildman–Crippen MR) is 68.8 cm³/mol. The highest BCUT2D eigenvalue weighted by atomic mass is 16.5. The first-order valence-electron chi connectivity index (χ1n) is 6.47. The maximum Gasteiger partial charge on any atom is 0.240 e. The van der Waals surface area contributed by atoms with Crippen LogP contribution < -0.4 is 10.1 Å². The molecule has 0 aromatic carbocycles. The summed E-state index contributed by atoms with van der Waals surface area (Å²) >= 11 is 0. The first-order chi connectivity index (χ1) is 8.83. The fourth-order valence-corrected chi connectivity index (χ4v) is 2.39. The molecule has 0 saturated carbocycles. The van der Waals surface area contributed by atoms with Crippen LogP contribution in [0, 0.1) is 12.8 Å². The minimum atomic E-state index is 0.588. The number of rotatable bonds is 3. The van der Waals surface area contributed by atoms with E-state index < -0.39 is 0 Å². The molecule has 1 saturated heterocycles. The highest BCUT2D eigenvalue weighted by Gasteiger charge is 2.15. The standard InChI is InChI=1S/C13H18N4O/c1-10-7-12-13(15-5-6-17(12)16-10)18-9-11-3-2-4-14-8-11/h5-7,11,14H,2-4,8-9H2,1H3. The second-order valence-electron chi connectivity index (χ2n) is 4.87. The van der Waals surface area contributed by atoms with Crippen LogP contribution in [0.1, 0.15) is 18.5 Å². The van der Waals surface area contributed by atoms with E-state index in [0.717, 1.165) is 30.9 Å². The van der Waals surface area contributed by atoms with Crippen molar-refractivity contribution in [3.8, 4) is 5.88 Å². The van der Waals surface area contributed by atoms with Crippen molar-refractivity contribution in [2.45, 2.75) is 19.8 Å². The maximum absolute atomic E-state index is 5.86. The molecule has 5 heteroatoms. The summed E-state index contributed by atoms with van der Waals surface area (Å²) in [4.78, 5) is 4.30. The summed E-state index contributed by atoms with van der Waals surface area (Å²) in [5, 5.41) is 7.75. The number of ether oxygens (including phenoxy) is 1. The van der Waals surface area contributed by atoms with Gasteiger partial charge in [-0.25, -0.2) is 9.50 Å². The molecule has 0 spiro atoms. The van der Waals surface area contributed by atoms with Crippen molar-refractivity contribution in [2.75, 3.05) is 19.7 Å². The first kappa shape index (κ1) is 11.5. The summed E-state index contributed by atoms with van der Waals surface area (Å²) in [6.07, 6.45) is 6.04. The van der Waals surface area contributed by atoms with Gasteiger partial charge in [0, 0.05) is 24.9 Å². The minimum absolute atomic E-state index is 0.588. The van der Waals surface area contributed by atoms with Crippen LogP contribution in [0.25, 0.3) is 5.52 Å². The number of hydrogen-bond donors (Lipinski definition) is 1. The van der Waals surface area contributed by atoms with Gasteiger partial charge in [0.1, 0.15) is 5.52 Å². The third kappa shape index (κ3) is 2.31. The third-order valence-electron chi connectivity index (χ3n) is 3.33. The second kappa shape index (κ2) is 4.94. The van der Waals surface area contributed by atoms with Crippen LogP contribution in [-0.4, -0.2) is 34.3 Å². The largest absolute Gasteiger partial charge is 0.476 e. The Hall–Kier alpha value is -1.62. The molecule has 18 heavy (non-hydrogen) atoms. The number of fused-ring (bicyclic) bond motifs is 1. The monoisotopic (exact) mass is 246 g/mol. The molecule has 96 valence electrons. The lowest BCUT2D eigenvalue weighted by Crippen LogP contribution is -2.33. The van der Waals surface area contributed by atoms with E-state index in [-0.39, 0.29) is 0 Å².